The van der Waals surface area contributed by atoms with Gasteiger partial charge in [0.15, 0.2) is 23.0 Å². The Bertz CT molecular complexity index is 950. The quantitative estimate of drug-likeness (QED) is 0.557. The molecule has 146 valence electrons. The molecule has 2 aromatic rings. The van der Waals surface area contributed by atoms with E-state index >= 15 is 0 Å². The zero-order chi connectivity index (χ0) is 20.7. The summed E-state index contributed by atoms with van der Waals surface area (Å²) in [5, 5.41) is 12.4. The summed E-state index contributed by atoms with van der Waals surface area (Å²) in [6.07, 6.45) is 1.41. The number of nitriles is 1. The molecule has 1 amide bonds. The largest absolute Gasteiger partial charge is 0.493 e. The number of rotatable bonds is 7. The van der Waals surface area contributed by atoms with Crippen molar-refractivity contribution in [3.05, 3.63) is 46.5 Å². The second kappa shape index (κ2) is 9.53. The molecule has 0 aliphatic carbocycles. The number of carbonyl (C=O) groups excluding carboxylic acids is 1. The van der Waals surface area contributed by atoms with Crippen LogP contribution in [-0.4, -0.2) is 34.3 Å². The lowest BCUT2D eigenvalue weighted by Crippen LogP contribution is -2.13. The molecular weight excluding hydrogens is 384 g/mol. The third kappa shape index (κ3) is 4.67. The summed E-state index contributed by atoms with van der Waals surface area (Å²) in [6, 6.07) is 9.96. The van der Waals surface area contributed by atoms with Crippen LogP contribution in [0, 0.1) is 11.3 Å². The van der Waals surface area contributed by atoms with E-state index in [2.05, 4.69) is 5.32 Å². The van der Waals surface area contributed by atoms with Gasteiger partial charge in [-0.05, 0) is 35.9 Å². The second-order valence-electron chi connectivity index (χ2n) is 5.43. The molecule has 0 aliphatic heterocycles. The number of anilines is 1. The van der Waals surface area contributed by atoms with Gasteiger partial charge in [-0.25, -0.2) is 0 Å². The molecule has 0 unspecified atom stereocenters. The molecule has 0 aliphatic rings. The molecule has 1 N–H and O–H groups in total. The predicted molar refractivity (Wildman–Crippen MR) is 106 cm³/mol. The van der Waals surface area contributed by atoms with Crippen LogP contribution in [0.25, 0.3) is 6.08 Å². The molecular formula is C20H19ClN2O5. The lowest BCUT2D eigenvalue weighted by Gasteiger charge is -2.11. The molecule has 0 fully saturated rings. The molecule has 0 saturated heterocycles. The highest BCUT2D eigenvalue weighted by Gasteiger charge is 2.14. The topological polar surface area (TPSA) is 89.8 Å². The molecule has 0 radical (unpaired) electrons. The fraction of sp³-hybridized carbons (Fsp3) is 0.200. The molecule has 0 bridgehead atoms. The molecule has 0 saturated carbocycles. The van der Waals surface area contributed by atoms with E-state index in [9.17, 15) is 10.1 Å². The van der Waals surface area contributed by atoms with E-state index in [1.807, 2.05) is 6.07 Å². The Labute approximate surface area is 168 Å². The highest BCUT2D eigenvalue weighted by Crippen LogP contribution is 2.36. The number of hydrogen-bond acceptors (Lipinski definition) is 6. The van der Waals surface area contributed by atoms with Gasteiger partial charge in [0.05, 0.1) is 33.5 Å². The van der Waals surface area contributed by atoms with Crippen LogP contribution in [0.2, 0.25) is 5.02 Å². The zero-order valence-electron chi connectivity index (χ0n) is 15.8. The van der Waals surface area contributed by atoms with Crippen molar-refractivity contribution in [2.45, 2.75) is 0 Å². The number of nitrogens with one attached hydrogen (secondary N) is 1. The molecule has 0 aromatic heterocycles. The first kappa shape index (κ1) is 20.9. The van der Waals surface area contributed by atoms with Gasteiger partial charge in [-0.1, -0.05) is 11.6 Å². The number of carbonyl (C=O) groups is 1. The van der Waals surface area contributed by atoms with Crippen LogP contribution >= 0.6 is 11.6 Å². The van der Waals surface area contributed by atoms with Crippen LogP contribution in [-0.2, 0) is 4.79 Å². The normalized spacial score (nSPS) is 10.6. The standard InChI is InChI=1S/C20H19ClN2O5/c1-25-16-6-5-14(10-17(16)26-2)23-20(24)13(11-22)7-12-8-15(21)19(28-4)18(9-12)27-3/h5-10H,1-4H3,(H,23,24)/b13-7+. The van der Waals surface area contributed by atoms with E-state index in [4.69, 9.17) is 30.5 Å². The van der Waals surface area contributed by atoms with Crippen LogP contribution in [0.5, 0.6) is 23.0 Å². The maximum atomic E-state index is 12.5. The van der Waals surface area contributed by atoms with Crippen molar-refractivity contribution in [1.82, 2.24) is 0 Å². The number of amides is 1. The average Bonchev–Trinajstić information content (AvgIpc) is 2.71. The number of halogens is 1. The van der Waals surface area contributed by atoms with Crippen molar-refractivity contribution in [1.29, 1.82) is 5.26 Å². The lowest BCUT2D eigenvalue weighted by atomic mass is 10.1. The Hall–Kier alpha value is -3.37. The average molecular weight is 403 g/mol. The van der Waals surface area contributed by atoms with E-state index in [1.165, 1.54) is 34.5 Å². The van der Waals surface area contributed by atoms with Gasteiger partial charge >= 0.3 is 0 Å². The summed E-state index contributed by atoms with van der Waals surface area (Å²) < 4.78 is 20.8. The minimum atomic E-state index is -0.583. The third-order valence-corrected chi connectivity index (χ3v) is 4.05. The van der Waals surface area contributed by atoms with E-state index < -0.39 is 5.91 Å². The number of methoxy groups -OCH3 is 4. The maximum absolute atomic E-state index is 12.5. The lowest BCUT2D eigenvalue weighted by molar-refractivity contribution is -0.112. The van der Waals surface area contributed by atoms with Crippen LogP contribution in [0.1, 0.15) is 5.56 Å². The van der Waals surface area contributed by atoms with Gasteiger partial charge in [-0.3, -0.25) is 4.79 Å². The summed E-state index contributed by atoms with van der Waals surface area (Å²) in [5.74, 6) is 1.15. The Morgan fingerprint density at radius 2 is 1.68 bits per heavy atom. The highest BCUT2D eigenvalue weighted by molar-refractivity contribution is 6.32. The fourth-order valence-corrected chi connectivity index (χ4v) is 2.75. The number of ether oxygens (including phenoxy) is 4. The molecule has 0 heterocycles. The third-order valence-electron chi connectivity index (χ3n) is 3.77. The molecule has 28 heavy (non-hydrogen) atoms. The SMILES string of the molecule is COc1ccc(NC(=O)/C(C#N)=C/c2cc(Cl)c(OC)c(OC)c2)cc1OC. The van der Waals surface area contributed by atoms with Crippen molar-refractivity contribution in [2.24, 2.45) is 0 Å². The van der Waals surface area contributed by atoms with Crippen molar-refractivity contribution >= 4 is 29.3 Å². The predicted octanol–water partition coefficient (Wildman–Crippen LogP) is 3.92. The monoisotopic (exact) mass is 402 g/mol. The summed E-state index contributed by atoms with van der Waals surface area (Å²) in [4.78, 5) is 12.5. The van der Waals surface area contributed by atoms with Crippen LogP contribution in [0.4, 0.5) is 5.69 Å². The first-order valence-corrected chi connectivity index (χ1v) is 8.41. The van der Waals surface area contributed by atoms with Gasteiger partial charge in [0.2, 0.25) is 0 Å². The van der Waals surface area contributed by atoms with Gasteiger partial charge in [0.1, 0.15) is 11.6 Å². The number of benzene rings is 2. The Kier molecular flexibility index (Phi) is 7.13. The van der Waals surface area contributed by atoms with Crippen LogP contribution in [0.15, 0.2) is 35.9 Å². The highest BCUT2D eigenvalue weighted by atomic mass is 35.5. The van der Waals surface area contributed by atoms with E-state index in [0.29, 0.717) is 39.3 Å². The van der Waals surface area contributed by atoms with Crippen molar-refractivity contribution < 1.29 is 23.7 Å². The van der Waals surface area contributed by atoms with Crippen molar-refractivity contribution in [3.8, 4) is 29.1 Å². The number of nitrogens with zero attached hydrogens (tertiary/aromatic N) is 1. The first-order chi connectivity index (χ1) is 13.5. The Morgan fingerprint density at radius 1 is 1.00 bits per heavy atom. The molecule has 8 heteroatoms. The summed E-state index contributed by atoms with van der Waals surface area (Å²) in [6.45, 7) is 0. The maximum Gasteiger partial charge on any atom is 0.266 e. The zero-order valence-corrected chi connectivity index (χ0v) is 16.6. The van der Waals surface area contributed by atoms with Gasteiger partial charge in [0, 0.05) is 11.8 Å². The van der Waals surface area contributed by atoms with Gasteiger partial charge in [0.25, 0.3) is 5.91 Å². The molecule has 0 atom stereocenters. The minimum absolute atomic E-state index is 0.113. The van der Waals surface area contributed by atoms with Crippen molar-refractivity contribution in [3.63, 3.8) is 0 Å². The molecule has 0 spiro atoms. The summed E-state index contributed by atoms with van der Waals surface area (Å²) in [5.41, 5.74) is 0.855. The summed E-state index contributed by atoms with van der Waals surface area (Å²) >= 11 is 6.17. The van der Waals surface area contributed by atoms with Crippen molar-refractivity contribution in [2.75, 3.05) is 33.8 Å². The van der Waals surface area contributed by atoms with Crippen LogP contribution in [0.3, 0.4) is 0 Å². The first-order valence-electron chi connectivity index (χ1n) is 8.04. The Morgan fingerprint density at radius 3 is 2.25 bits per heavy atom. The second-order valence-corrected chi connectivity index (χ2v) is 5.84. The molecule has 7 nitrogen and oxygen atoms in total. The number of hydrogen-bond donors (Lipinski definition) is 1. The Balaban J connectivity index is 2.31. The van der Waals surface area contributed by atoms with E-state index in [1.54, 1.807) is 30.3 Å². The molecule has 2 aromatic carbocycles. The van der Waals surface area contributed by atoms with Gasteiger partial charge in [-0.15, -0.1) is 0 Å². The summed E-state index contributed by atoms with van der Waals surface area (Å²) in [7, 11) is 5.94. The van der Waals surface area contributed by atoms with E-state index in [0.717, 1.165) is 0 Å². The van der Waals surface area contributed by atoms with Crippen LogP contribution < -0.4 is 24.3 Å². The fourth-order valence-electron chi connectivity index (χ4n) is 2.45. The van der Waals surface area contributed by atoms with E-state index in [-0.39, 0.29) is 5.57 Å². The molecule has 2 rings (SSSR count). The van der Waals surface area contributed by atoms with Gasteiger partial charge in [-0.2, -0.15) is 5.26 Å². The van der Waals surface area contributed by atoms with Gasteiger partial charge < -0.3 is 24.3 Å². The minimum Gasteiger partial charge on any atom is -0.493 e. The smallest absolute Gasteiger partial charge is 0.266 e.